The summed E-state index contributed by atoms with van der Waals surface area (Å²) < 4.78 is 0. The van der Waals surface area contributed by atoms with Crippen LogP contribution in [0.25, 0.3) is 0 Å². The Morgan fingerprint density at radius 2 is 1.66 bits per heavy atom. The third-order valence-corrected chi connectivity index (χ3v) is 5.39. The maximum Gasteiger partial charge on any atom is 0.323 e. The summed E-state index contributed by atoms with van der Waals surface area (Å²) >= 11 is 0. The van der Waals surface area contributed by atoms with Gasteiger partial charge in [0.1, 0.15) is 6.04 Å². The van der Waals surface area contributed by atoms with Gasteiger partial charge in [-0.05, 0) is 55.2 Å². The third-order valence-electron chi connectivity index (χ3n) is 5.39. The predicted molar refractivity (Wildman–Crippen MR) is 126 cm³/mol. The van der Waals surface area contributed by atoms with E-state index in [1.165, 1.54) is 0 Å². The van der Waals surface area contributed by atoms with Gasteiger partial charge in [-0.1, -0.05) is 45.0 Å². The number of aryl methyl sites for hydroxylation is 1. The first-order valence-electron chi connectivity index (χ1n) is 11.0. The van der Waals surface area contributed by atoms with Crippen LogP contribution in [0.5, 0.6) is 0 Å². The summed E-state index contributed by atoms with van der Waals surface area (Å²) in [5, 5.41) is 8.57. The first kappa shape index (κ1) is 23.3. The summed E-state index contributed by atoms with van der Waals surface area (Å²) in [5.41, 5.74) is 2.76. The Morgan fingerprint density at radius 1 is 1.00 bits per heavy atom. The van der Waals surface area contributed by atoms with E-state index in [0.717, 1.165) is 23.2 Å². The van der Waals surface area contributed by atoms with Crippen molar-refractivity contribution in [2.75, 3.05) is 17.2 Å². The zero-order chi connectivity index (χ0) is 23.3. The number of benzene rings is 2. The van der Waals surface area contributed by atoms with Crippen molar-refractivity contribution in [2.24, 2.45) is 5.41 Å². The van der Waals surface area contributed by atoms with Gasteiger partial charge in [0.25, 0.3) is 0 Å². The van der Waals surface area contributed by atoms with Gasteiger partial charge in [-0.25, -0.2) is 4.79 Å². The number of anilines is 2. The van der Waals surface area contributed by atoms with E-state index in [9.17, 15) is 14.4 Å². The molecule has 2 aromatic carbocycles. The molecule has 7 nitrogen and oxygen atoms in total. The zero-order valence-electron chi connectivity index (χ0n) is 19.2. The summed E-state index contributed by atoms with van der Waals surface area (Å²) in [4.78, 5) is 39.4. The van der Waals surface area contributed by atoms with E-state index >= 15 is 0 Å². The Hall–Kier alpha value is -3.35. The molecule has 3 N–H and O–H groups in total. The number of carbonyl (C=O) groups excluding carboxylic acids is 3. The van der Waals surface area contributed by atoms with Gasteiger partial charge < -0.3 is 20.9 Å². The number of nitrogens with one attached hydrogen (secondary N) is 3. The van der Waals surface area contributed by atoms with Crippen LogP contribution >= 0.6 is 0 Å². The van der Waals surface area contributed by atoms with Crippen molar-refractivity contribution in [3.63, 3.8) is 0 Å². The van der Waals surface area contributed by atoms with Gasteiger partial charge in [-0.3, -0.25) is 9.59 Å². The Balaban J connectivity index is 1.56. The fourth-order valence-electron chi connectivity index (χ4n) is 3.80. The van der Waals surface area contributed by atoms with Crippen LogP contribution < -0.4 is 16.0 Å². The number of rotatable bonds is 5. The van der Waals surface area contributed by atoms with Crippen LogP contribution in [0.3, 0.4) is 0 Å². The number of likely N-dealkylation sites (tertiary alicyclic amines) is 1. The van der Waals surface area contributed by atoms with Gasteiger partial charge in [0.2, 0.25) is 11.8 Å². The Morgan fingerprint density at radius 3 is 2.31 bits per heavy atom. The lowest BCUT2D eigenvalue weighted by Gasteiger charge is -2.30. The minimum absolute atomic E-state index is 0.000898. The Kier molecular flexibility index (Phi) is 7.18. The number of urea groups is 1. The Labute approximate surface area is 189 Å². The quantitative estimate of drug-likeness (QED) is 0.653. The second-order valence-corrected chi connectivity index (χ2v) is 9.27. The molecule has 0 aliphatic carbocycles. The van der Waals surface area contributed by atoms with E-state index in [1.54, 1.807) is 11.0 Å². The van der Waals surface area contributed by atoms with Crippen LogP contribution in [0.2, 0.25) is 0 Å². The molecule has 1 atom stereocenters. The topological polar surface area (TPSA) is 90.5 Å². The highest BCUT2D eigenvalue weighted by Crippen LogP contribution is 2.25. The molecule has 0 spiro atoms. The van der Waals surface area contributed by atoms with Crippen LogP contribution in [0, 0.1) is 12.3 Å². The van der Waals surface area contributed by atoms with Crippen LogP contribution in [0.15, 0.2) is 48.5 Å². The summed E-state index contributed by atoms with van der Waals surface area (Å²) in [6.07, 6.45) is 1.50. The standard InChI is InChI=1S/C25H32N4O3/c1-17-8-5-10-19(14-17)27-24(32)28-20-11-6-9-18(15-20)16-26-22(30)21-12-7-13-29(21)23(31)25(2,3)4/h5-6,8-11,14-15,21H,7,12-13,16H2,1-4H3,(H,26,30)(H2,27,28,32). The molecule has 0 aromatic heterocycles. The van der Waals surface area contributed by atoms with E-state index in [2.05, 4.69) is 16.0 Å². The largest absolute Gasteiger partial charge is 0.350 e. The normalized spacial score (nSPS) is 15.9. The number of hydrogen-bond donors (Lipinski definition) is 3. The van der Waals surface area contributed by atoms with Crippen molar-refractivity contribution in [2.45, 2.75) is 53.1 Å². The fraction of sp³-hybridized carbons (Fsp3) is 0.400. The van der Waals surface area contributed by atoms with Gasteiger partial charge in [-0.2, -0.15) is 0 Å². The monoisotopic (exact) mass is 436 g/mol. The zero-order valence-corrected chi connectivity index (χ0v) is 19.2. The molecule has 1 heterocycles. The minimum Gasteiger partial charge on any atom is -0.350 e. The van der Waals surface area contributed by atoms with Crippen LogP contribution in [-0.4, -0.2) is 35.3 Å². The molecule has 32 heavy (non-hydrogen) atoms. The van der Waals surface area contributed by atoms with Gasteiger partial charge in [0, 0.05) is 29.9 Å². The van der Waals surface area contributed by atoms with E-state index in [1.807, 2.05) is 70.2 Å². The van der Waals surface area contributed by atoms with Crippen molar-refractivity contribution in [3.05, 3.63) is 59.7 Å². The molecule has 3 rings (SSSR count). The van der Waals surface area contributed by atoms with Crippen molar-refractivity contribution in [1.29, 1.82) is 0 Å². The lowest BCUT2D eigenvalue weighted by Crippen LogP contribution is -2.49. The maximum absolute atomic E-state index is 12.8. The van der Waals surface area contributed by atoms with Crippen LogP contribution in [-0.2, 0) is 16.1 Å². The molecule has 170 valence electrons. The predicted octanol–water partition coefficient (Wildman–Crippen LogP) is 4.29. The van der Waals surface area contributed by atoms with Gasteiger partial charge in [0.15, 0.2) is 0 Å². The minimum atomic E-state index is -0.512. The van der Waals surface area contributed by atoms with E-state index < -0.39 is 11.5 Å². The summed E-state index contributed by atoms with van der Waals surface area (Å²) in [6.45, 7) is 8.51. The molecule has 1 unspecified atom stereocenters. The number of carbonyl (C=O) groups is 3. The Bertz CT molecular complexity index is 997. The van der Waals surface area contributed by atoms with E-state index in [-0.39, 0.29) is 17.8 Å². The lowest BCUT2D eigenvalue weighted by molar-refractivity contribution is -0.144. The molecule has 1 fully saturated rings. The molecular weight excluding hydrogens is 404 g/mol. The molecule has 7 heteroatoms. The average Bonchev–Trinajstić information content (AvgIpc) is 3.20. The number of hydrogen-bond acceptors (Lipinski definition) is 3. The third kappa shape index (κ3) is 6.09. The van der Waals surface area contributed by atoms with Crippen molar-refractivity contribution >= 4 is 29.2 Å². The number of amides is 4. The van der Waals surface area contributed by atoms with Crippen molar-refractivity contribution in [1.82, 2.24) is 10.2 Å². The second-order valence-electron chi connectivity index (χ2n) is 9.27. The summed E-state index contributed by atoms with van der Waals surface area (Å²) in [7, 11) is 0. The molecule has 0 saturated carbocycles. The van der Waals surface area contributed by atoms with Crippen molar-refractivity contribution in [3.8, 4) is 0 Å². The lowest BCUT2D eigenvalue weighted by atomic mass is 9.94. The van der Waals surface area contributed by atoms with Gasteiger partial charge in [0.05, 0.1) is 0 Å². The first-order chi connectivity index (χ1) is 15.1. The molecule has 0 bridgehead atoms. The highest BCUT2D eigenvalue weighted by atomic mass is 16.2. The maximum atomic E-state index is 12.8. The van der Waals surface area contributed by atoms with Crippen LogP contribution in [0.4, 0.5) is 16.2 Å². The van der Waals surface area contributed by atoms with E-state index in [4.69, 9.17) is 0 Å². The fourth-order valence-corrected chi connectivity index (χ4v) is 3.80. The average molecular weight is 437 g/mol. The molecule has 2 aromatic rings. The van der Waals surface area contributed by atoms with E-state index in [0.29, 0.717) is 25.2 Å². The van der Waals surface area contributed by atoms with Crippen molar-refractivity contribution < 1.29 is 14.4 Å². The molecule has 1 aliphatic heterocycles. The molecule has 1 aliphatic rings. The first-order valence-corrected chi connectivity index (χ1v) is 11.0. The summed E-state index contributed by atoms with van der Waals surface area (Å²) in [6, 6.07) is 14.1. The second kappa shape index (κ2) is 9.85. The van der Waals surface area contributed by atoms with Gasteiger partial charge in [-0.15, -0.1) is 0 Å². The molecule has 1 saturated heterocycles. The van der Waals surface area contributed by atoms with Crippen LogP contribution in [0.1, 0.15) is 44.7 Å². The number of nitrogens with zero attached hydrogens (tertiary/aromatic N) is 1. The molecule has 0 radical (unpaired) electrons. The highest BCUT2D eigenvalue weighted by Gasteiger charge is 2.38. The highest BCUT2D eigenvalue weighted by molar-refractivity contribution is 5.99. The SMILES string of the molecule is Cc1cccc(NC(=O)Nc2cccc(CNC(=O)C3CCCN3C(=O)C(C)(C)C)c2)c1. The summed E-state index contributed by atoms with van der Waals surface area (Å²) in [5.74, 6) is -0.142. The van der Waals surface area contributed by atoms with Gasteiger partial charge >= 0.3 is 6.03 Å². The molecular formula is C25H32N4O3. The molecule has 4 amide bonds. The smallest absolute Gasteiger partial charge is 0.323 e.